The molecular weight excluding hydrogens is 288 g/mol. The van der Waals surface area contributed by atoms with Gasteiger partial charge in [-0.2, -0.15) is 9.97 Å². The summed E-state index contributed by atoms with van der Waals surface area (Å²) in [6.45, 7) is 6.35. The number of methoxy groups -OCH3 is 2. The topological polar surface area (TPSA) is 61.3 Å². The van der Waals surface area contributed by atoms with Crippen LogP contribution in [0.2, 0.25) is 0 Å². The Labute approximate surface area is 130 Å². The molecule has 1 aromatic heterocycles. The fraction of sp³-hybridized carbons (Fsp3) is 0.667. The summed E-state index contributed by atoms with van der Waals surface area (Å²) in [6, 6.07) is 1.61. The first-order valence-electron chi connectivity index (χ1n) is 7.05. The van der Waals surface area contributed by atoms with Crippen molar-refractivity contribution in [1.82, 2.24) is 9.97 Å². The smallest absolute Gasteiger partial charge is 0.220 e. The van der Waals surface area contributed by atoms with Crippen molar-refractivity contribution >= 4 is 18.0 Å². The van der Waals surface area contributed by atoms with Crippen LogP contribution in [0, 0.1) is 5.41 Å². The third-order valence-electron chi connectivity index (χ3n) is 3.38. The van der Waals surface area contributed by atoms with E-state index in [-0.39, 0.29) is 10.7 Å². The van der Waals surface area contributed by atoms with Crippen LogP contribution in [0.4, 0.5) is 0 Å². The van der Waals surface area contributed by atoms with Crippen LogP contribution >= 0.6 is 11.8 Å². The van der Waals surface area contributed by atoms with Crippen LogP contribution in [0.15, 0.2) is 11.2 Å². The Bertz CT molecular complexity index is 444. The molecule has 1 rings (SSSR count). The van der Waals surface area contributed by atoms with Gasteiger partial charge in [-0.3, -0.25) is 0 Å². The second-order valence-corrected chi connectivity index (χ2v) is 6.61. The lowest BCUT2D eigenvalue weighted by atomic mass is 9.84. The first kappa shape index (κ1) is 17.8. The molecule has 0 spiro atoms. The average Bonchev–Trinajstić information content (AvgIpc) is 2.49. The van der Waals surface area contributed by atoms with E-state index in [1.807, 2.05) is 0 Å². The van der Waals surface area contributed by atoms with Crippen LogP contribution in [-0.4, -0.2) is 35.7 Å². The zero-order chi connectivity index (χ0) is 15.9. The van der Waals surface area contributed by atoms with Crippen molar-refractivity contribution < 1.29 is 14.3 Å². The molecule has 1 aromatic rings. The van der Waals surface area contributed by atoms with Gasteiger partial charge in [-0.15, -0.1) is 0 Å². The molecule has 1 atom stereocenters. The maximum Gasteiger partial charge on any atom is 0.220 e. The van der Waals surface area contributed by atoms with Gasteiger partial charge in [-0.05, 0) is 11.8 Å². The van der Waals surface area contributed by atoms with Crippen LogP contribution in [0.5, 0.6) is 11.8 Å². The Kier molecular flexibility index (Phi) is 6.95. The molecule has 6 heteroatoms. The highest BCUT2D eigenvalue weighted by atomic mass is 32.2. The standard InChI is InChI=1S/C15H24N2O3S/c1-6-7-8-15(2,3)11(10-18)21-14-16-12(19-4)9-13(17-14)20-5/h9-11H,6-8H2,1-5H3. The normalized spacial score (nSPS) is 12.8. The summed E-state index contributed by atoms with van der Waals surface area (Å²) in [5.41, 5.74) is -0.109. The zero-order valence-corrected chi connectivity index (χ0v) is 14.2. The lowest BCUT2D eigenvalue weighted by molar-refractivity contribution is -0.109. The molecule has 0 bridgehead atoms. The van der Waals surface area contributed by atoms with Gasteiger partial charge >= 0.3 is 0 Å². The van der Waals surface area contributed by atoms with Crippen molar-refractivity contribution in [3.63, 3.8) is 0 Å². The first-order valence-corrected chi connectivity index (χ1v) is 7.93. The van der Waals surface area contributed by atoms with E-state index in [2.05, 4.69) is 30.7 Å². The number of aldehydes is 1. The van der Waals surface area contributed by atoms with E-state index in [4.69, 9.17) is 9.47 Å². The number of hydrogen-bond acceptors (Lipinski definition) is 6. The molecular formula is C15H24N2O3S. The highest BCUT2D eigenvalue weighted by molar-refractivity contribution is 8.00. The number of unbranched alkanes of at least 4 members (excludes halogenated alkanes) is 1. The van der Waals surface area contributed by atoms with Gasteiger partial charge in [0.05, 0.1) is 25.5 Å². The number of rotatable bonds is 9. The average molecular weight is 312 g/mol. The minimum absolute atomic E-state index is 0.109. The predicted molar refractivity (Wildman–Crippen MR) is 84.2 cm³/mol. The lowest BCUT2D eigenvalue weighted by Crippen LogP contribution is -2.28. The van der Waals surface area contributed by atoms with E-state index in [0.29, 0.717) is 16.9 Å². The minimum atomic E-state index is -0.208. The van der Waals surface area contributed by atoms with E-state index >= 15 is 0 Å². The van der Waals surface area contributed by atoms with Gasteiger partial charge in [-0.1, -0.05) is 45.4 Å². The number of nitrogens with zero attached hydrogens (tertiary/aromatic N) is 2. The molecule has 118 valence electrons. The zero-order valence-electron chi connectivity index (χ0n) is 13.4. The SMILES string of the molecule is CCCCC(C)(C)C(C=O)Sc1nc(OC)cc(OC)n1. The predicted octanol–water partition coefficient (Wildman–Crippen LogP) is 3.37. The molecule has 0 aliphatic rings. The summed E-state index contributed by atoms with van der Waals surface area (Å²) in [5, 5.41) is 0.286. The van der Waals surface area contributed by atoms with Gasteiger partial charge in [0, 0.05) is 0 Å². The highest BCUT2D eigenvalue weighted by Gasteiger charge is 2.30. The summed E-state index contributed by atoms with van der Waals surface area (Å²) in [7, 11) is 3.08. The molecule has 0 saturated heterocycles. The summed E-state index contributed by atoms with van der Waals surface area (Å²) in [4.78, 5) is 20.0. The van der Waals surface area contributed by atoms with Crippen molar-refractivity contribution in [3.05, 3.63) is 6.07 Å². The quantitative estimate of drug-likeness (QED) is 0.396. The van der Waals surface area contributed by atoms with Crippen LogP contribution in [-0.2, 0) is 4.79 Å². The second kappa shape index (κ2) is 8.22. The molecule has 1 heterocycles. The maximum atomic E-state index is 11.5. The molecule has 0 aliphatic carbocycles. The van der Waals surface area contributed by atoms with Gasteiger partial charge in [0.1, 0.15) is 6.29 Å². The number of hydrogen-bond donors (Lipinski definition) is 0. The summed E-state index contributed by atoms with van der Waals surface area (Å²) in [5.74, 6) is 0.862. The van der Waals surface area contributed by atoms with Gasteiger partial charge in [0.25, 0.3) is 0 Å². The third-order valence-corrected chi connectivity index (χ3v) is 4.77. The number of thioether (sulfide) groups is 1. The number of carbonyl (C=O) groups is 1. The largest absolute Gasteiger partial charge is 0.481 e. The Morgan fingerprint density at radius 1 is 1.29 bits per heavy atom. The molecule has 1 unspecified atom stereocenters. The van der Waals surface area contributed by atoms with Crippen LogP contribution in [0.3, 0.4) is 0 Å². The van der Waals surface area contributed by atoms with Gasteiger partial charge in [-0.25, -0.2) is 0 Å². The lowest BCUT2D eigenvalue weighted by Gasteiger charge is -2.29. The van der Waals surface area contributed by atoms with Crippen LogP contribution < -0.4 is 9.47 Å². The van der Waals surface area contributed by atoms with E-state index < -0.39 is 0 Å². The van der Waals surface area contributed by atoms with E-state index in [1.165, 1.54) is 11.8 Å². The number of carbonyl (C=O) groups excluding carboxylic acids is 1. The van der Waals surface area contributed by atoms with Crippen molar-refractivity contribution in [3.8, 4) is 11.8 Å². The van der Waals surface area contributed by atoms with Gasteiger partial charge in [0.2, 0.25) is 11.8 Å². The summed E-state index contributed by atoms with van der Waals surface area (Å²) < 4.78 is 10.3. The van der Waals surface area contributed by atoms with Gasteiger partial charge in [0.15, 0.2) is 5.16 Å². The fourth-order valence-electron chi connectivity index (χ4n) is 1.91. The third kappa shape index (κ3) is 5.19. The number of aromatic nitrogens is 2. The molecule has 0 aromatic carbocycles. The number of ether oxygens (including phenoxy) is 2. The molecule has 5 nitrogen and oxygen atoms in total. The first-order chi connectivity index (χ1) is 9.96. The summed E-state index contributed by atoms with van der Waals surface area (Å²) in [6.07, 6.45) is 4.18. The Morgan fingerprint density at radius 3 is 2.29 bits per heavy atom. The fourth-order valence-corrected chi connectivity index (χ4v) is 2.91. The molecule has 0 N–H and O–H groups in total. The molecule has 0 aliphatic heterocycles. The molecule has 21 heavy (non-hydrogen) atoms. The van der Waals surface area contributed by atoms with Gasteiger partial charge < -0.3 is 14.3 Å². The molecule has 0 amide bonds. The van der Waals surface area contributed by atoms with Crippen LogP contribution in [0.1, 0.15) is 40.0 Å². The van der Waals surface area contributed by atoms with E-state index in [9.17, 15) is 4.79 Å². The van der Waals surface area contributed by atoms with Crippen molar-refractivity contribution in [1.29, 1.82) is 0 Å². The molecule has 0 saturated carbocycles. The van der Waals surface area contributed by atoms with E-state index in [1.54, 1.807) is 20.3 Å². The molecule has 0 radical (unpaired) electrons. The Balaban J connectivity index is 2.92. The van der Waals surface area contributed by atoms with Crippen LogP contribution in [0.25, 0.3) is 0 Å². The van der Waals surface area contributed by atoms with E-state index in [0.717, 1.165) is 25.5 Å². The highest BCUT2D eigenvalue weighted by Crippen LogP contribution is 2.37. The minimum Gasteiger partial charge on any atom is -0.481 e. The van der Waals surface area contributed by atoms with Crippen molar-refractivity contribution in [2.75, 3.05) is 14.2 Å². The van der Waals surface area contributed by atoms with Crippen molar-refractivity contribution in [2.45, 2.75) is 50.4 Å². The van der Waals surface area contributed by atoms with Crippen molar-refractivity contribution in [2.24, 2.45) is 5.41 Å². The summed E-state index contributed by atoms with van der Waals surface area (Å²) >= 11 is 1.35. The monoisotopic (exact) mass is 312 g/mol. The second-order valence-electron chi connectivity index (χ2n) is 5.50. The Hall–Kier alpha value is -1.30. The Morgan fingerprint density at radius 2 is 1.86 bits per heavy atom. The maximum absolute atomic E-state index is 11.5. The molecule has 0 fully saturated rings.